The molecule has 1 aliphatic rings. The summed E-state index contributed by atoms with van der Waals surface area (Å²) in [5.74, 6) is -2.58. The van der Waals surface area contributed by atoms with Gasteiger partial charge in [0.25, 0.3) is 15.9 Å². The highest BCUT2D eigenvalue weighted by molar-refractivity contribution is 9.10. The van der Waals surface area contributed by atoms with E-state index in [2.05, 4.69) is 21.2 Å². The number of nitrogens with zero attached hydrogens (tertiary/aromatic N) is 1. The molecular weight excluding hydrogens is 478 g/mol. The molecular formula is C21H15BrF2N2O3S. The van der Waals surface area contributed by atoms with Gasteiger partial charge in [0.2, 0.25) is 0 Å². The highest BCUT2D eigenvalue weighted by Gasteiger charge is 2.31. The number of benzene rings is 3. The van der Waals surface area contributed by atoms with Gasteiger partial charge < -0.3 is 5.32 Å². The van der Waals surface area contributed by atoms with Crippen LogP contribution in [0.15, 0.2) is 70.0 Å². The Morgan fingerprint density at radius 2 is 1.77 bits per heavy atom. The van der Waals surface area contributed by atoms with E-state index in [1.54, 1.807) is 12.1 Å². The average Bonchev–Trinajstić information content (AvgIpc) is 3.15. The lowest BCUT2D eigenvalue weighted by Gasteiger charge is -2.20. The van der Waals surface area contributed by atoms with E-state index in [0.717, 1.165) is 29.8 Å². The number of para-hydroxylation sites is 1. The van der Waals surface area contributed by atoms with Gasteiger partial charge in [-0.3, -0.25) is 9.10 Å². The lowest BCUT2D eigenvalue weighted by atomic mass is 10.2. The molecule has 1 amide bonds. The van der Waals surface area contributed by atoms with Crippen LogP contribution in [0.1, 0.15) is 15.9 Å². The third-order valence-electron chi connectivity index (χ3n) is 4.79. The summed E-state index contributed by atoms with van der Waals surface area (Å²) in [5.41, 5.74) is 0.812. The summed E-state index contributed by atoms with van der Waals surface area (Å²) >= 11 is 3.11. The zero-order valence-corrected chi connectivity index (χ0v) is 17.8. The first-order chi connectivity index (χ1) is 14.3. The molecule has 0 unspecified atom stereocenters. The van der Waals surface area contributed by atoms with Crippen LogP contribution in [0.3, 0.4) is 0 Å². The van der Waals surface area contributed by atoms with Crippen LogP contribution >= 0.6 is 15.9 Å². The van der Waals surface area contributed by atoms with Crippen LogP contribution in [0.5, 0.6) is 0 Å². The second-order valence-corrected chi connectivity index (χ2v) is 9.45. The molecule has 5 nitrogen and oxygen atoms in total. The van der Waals surface area contributed by atoms with Crippen molar-refractivity contribution in [3.05, 3.63) is 87.9 Å². The summed E-state index contributed by atoms with van der Waals surface area (Å²) in [6.45, 7) is 0.255. The van der Waals surface area contributed by atoms with Gasteiger partial charge in [-0.1, -0.05) is 34.1 Å². The molecule has 9 heteroatoms. The first-order valence-corrected chi connectivity index (χ1v) is 11.2. The summed E-state index contributed by atoms with van der Waals surface area (Å²) < 4.78 is 56.3. The molecule has 0 aliphatic carbocycles. The van der Waals surface area contributed by atoms with Gasteiger partial charge in [-0.25, -0.2) is 17.2 Å². The van der Waals surface area contributed by atoms with Crippen molar-refractivity contribution in [3.8, 4) is 0 Å². The molecule has 1 heterocycles. The van der Waals surface area contributed by atoms with Gasteiger partial charge in [-0.15, -0.1) is 0 Å². The van der Waals surface area contributed by atoms with E-state index < -0.39 is 33.1 Å². The first kappa shape index (κ1) is 20.5. The van der Waals surface area contributed by atoms with E-state index in [-0.39, 0.29) is 17.1 Å². The Bertz CT molecular complexity index is 1260. The van der Waals surface area contributed by atoms with Crippen molar-refractivity contribution in [2.75, 3.05) is 16.2 Å². The second-order valence-electron chi connectivity index (χ2n) is 6.68. The predicted octanol–water partition coefficient (Wildman–Crippen LogP) is 4.73. The van der Waals surface area contributed by atoms with E-state index in [1.165, 1.54) is 16.4 Å². The largest absolute Gasteiger partial charge is 0.319 e. The van der Waals surface area contributed by atoms with Crippen LogP contribution in [0, 0.1) is 11.6 Å². The Morgan fingerprint density at radius 3 is 2.53 bits per heavy atom. The molecule has 0 saturated heterocycles. The number of halogens is 3. The highest BCUT2D eigenvalue weighted by atomic mass is 79.9. The monoisotopic (exact) mass is 492 g/mol. The number of carbonyl (C=O) groups excluding carboxylic acids is 1. The molecule has 0 bridgehead atoms. The van der Waals surface area contributed by atoms with Crippen molar-refractivity contribution in [1.29, 1.82) is 0 Å². The van der Waals surface area contributed by atoms with Gasteiger partial charge >= 0.3 is 0 Å². The minimum atomic E-state index is -4.01. The maximum atomic E-state index is 14.3. The molecule has 0 aromatic heterocycles. The fourth-order valence-electron chi connectivity index (χ4n) is 3.30. The van der Waals surface area contributed by atoms with Crippen LogP contribution in [0.2, 0.25) is 0 Å². The Hall–Kier alpha value is -2.78. The van der Waals surface area contributed by atoms with Gasteiger partial charge in [0.1, 0.15) is 11.6 Å². The van der Waals surface area contributed by atoms with Crippen molar-refractivity contribution in [1.82, 2.24) is 0 Å². The summed E-state index contributed by atoms with van der Waals surface area (Å²) in [5, 5.41) is 2.28. The molecule has 0 spiro atoms. The van der Waals surface area contributed by atoms with Crippen molar-refractivity contribution in [3.63, 3.8) is 0 Å². The summed E-state index contributed by atoms with van der Waals surface area (Å²) in [6, 6.07) is 14.1. The summed E-state index contributed by atoms with van der Waals surface area (Å²) in [7, 11) is -4.01. The molecule has 3 aromatic rings. The standard InChI is InChI=1S/C21H15BrF2N2O3S/c22-14-5-8-19(18(24)11-14)25-21(27)16-12-15(6-7-17(16)23)30(28,29)26-10-9-13-3-1-2-4-20(13)26/h1-8,11-12H,9-10H2,(H,25,27). The number of hydrogen-bond donors (Lipinski definition) is 1. The van der Waals surface area contributed by atoms with E-state index in [0.29, 0.717) is 16.6 Å². The van der Waals surface area contributed by atoms with Crippen molar-refractivity contribution in [2.45, 2.75) is 11.3 Å². The molecule has 0 fully saturated rings. The van der Waals surface area contributed by atoms with Crippen molar-refractivity contribution < 1.29 is 22.0 Å². The normalized spacial score (nSPS) is 13.2. The zero-order valence-electron chi connectivity index (χ0n) is 15.4. The van der Waals surface area contributed by atoms with Crippen LogP contribution in [0.25, 0.3) is 0 Å². The van der Waals surface area contributed by atoms with Crippen LogP contribution in [-0.4, -0.2) is 20.9 Å². The fraction of sp³-hybridized carbons (Fsp3) is 0.0952. The maximum absolute atomic E-state index is 14.3. The number of anilines is 2. The quantitative estimate of drug-likeness (QED) is 0.572. The SMILES string of the molecule is O=C(Nc1ccc(Br)cc1F)c1cc(S(=O)(=O)N2CCc3ccccc32)ccc1F. The number of fused-ring (bicyclic) bond motifs is 1. The Kier molecular flexibility index (Phi) is 5.33. The molecule has 154 valence electrons. The molecule has 0 radical (unpaired) electrons. The van der Waals surface area contributed by atoms with E-state index in [9.17, 15) is 22.0 Å². The van der Waals surface area contributed by atoms with E-state index >= 15 is 0 Å². The maximum Gasteiger partial charge on any atom is 0.264 e. The third kappa shape index (κ3) is 3.70. The lowest BCUT2D eigenvalue weighted by molar-refractivity contribution is 0.102. The molecule has 4 rings (SSSR count). The predicted molar refractivity (Wildman–Crippen MR) is 113 cm³/mol. The van der Waals surface area contributed by atoms with Crippen LogP contribution < -0.4 is 9.62 Å². The number of carbonyl (C=O) groups is 1. The number of hydrogen-bond acceptors (Lipinski definition) is 3. The summed E-state index contributed by atoms with van der Waals surface area (Å²) in [4.78, 5) is 12.3. The molecule has 3 aromatic carbocycles. The topological polar surface area (TPSA) is 66.5 Å². The van der Waals surface area contributed by atoms with Gasteiger partial charge in [-0.05, 0) is 54.4 Å². The molecule has 0 saturated carbocycles. The van der Waals surface area contributed by atoms with Crippen molar-refractivity contribution >= 4 is 43.2 Å². The highest BCUT2D eigenvalue weighted by Crippen LogP contribution is 2.33. The second kappa shape index (κ2) is 7.81. The van der Waals surface area contributed by atoms with Gasteiger partial charge in [-0.2, -0.15) is 0 Å². The Balaban J connectivity index is 1.67. The first-order valence-electron chi connectivity index (χ1n) is 8.94. The number of rotatable bonds is 4. The van der Waals surface area contributed by atoms with Gasteiger partial charge in [0, 0.05) is 11.0 Å². The average molecular weight is 493 g/mol. The minimum absolute atomic E-state index is 0.149. The Morgan fingerprint density at radius 1 is 1.00 bits per heavy atom. The molecule has 1 aliphatic heterocycles. The summed E-state index contributed by atoms with van der Waals surface area (Å²) in [6.07, 6.45) is 0.562. The molecule has 30 heavy (non-hydrogen) atoms. The zero-order chi connectivity index (χ0) is 21.5. The Labute approximate surface area is 180 Å². The van der Waals surface area contributed by atoms with Crippen molar-refractivity contribution in [2.24, 2.45) is 0 Å². The van der Waals surface area contributed by atoms with Gasteiger partial charge in [0.05, 0.1) is 21.8 Å². The smallest absolute Gasteiger partial charge is 0.264 e. The number of amides is 1. The minimum Gasteiger partial charge on any atom is -0.319 e. The van der Waals surface area contributed by atoms with Crippen LogP contribution in [0.4, 0.5) is 20.2 Å². The van der Waals surface area contributed by atoms with Gasteiger partial charge in [0.15, 0.2) is 0 Å². The number of sulfonamides is 1. The molecule has 0 atom stereocenters. The lowest BCUT2D eigenvalue weighted by Crippen LogP contribution is -2.29. The third-order valence-corrected chi connectivity index (χ3v) is 7.10. The van der Waals surface area contributed by atoms with Crippen LogP contribution in [-0.2, 0) is 16.4 Å². The molecule has 1 N–H and O–H groups in total. The fourth-order valence-corrected chi connectivity index (χ4v) is 5.17. The number of nitrogens with one attached hydrogen (secondary N) is 1. The van der Waals surface area contributed by atoms with E-state index in [4.69, 9.17) is 0 Å². The van der Waals surface area contributed by atoms with E-state index in [1.807, 2.05) is 12.1 Å².